The smallest absolute Gasteiger partial charge is 0.128 e. The van der Waals surface area contributed by atoms with E-state index in [0.29, 0.717) is 6.61 Å². The Kier molecular flexibility index (Phi) is 5.22. The molecular formula is C21H26N2O3. The molecule has 5 heteroatoms. The highest BCUT2D eigenvalue weighted by atomic mass is 16.5. The van der Waals surface area contributed by atoms with Crippen molar-refractivity contribution in [3.8, 4) is 5.75 Å². The number of aromatic hydroxyl groups is 1. The molecular weight excluding hydrogens is 328 g/mol. The molecule has 4 rings (SSSR count). The molecule has 138 valence electrons. The zero-order valence-corrected chi connectivity index (χ0v) is 15.1. The molecule has 0 aliphatic carbocycles. The van der Waals surface area contributed by atoms with Crippen molar-refractivity contribution in [2.45, 2.75) is 24.8 Å². The van der Waals surface area contributed by atoms with Crippen molar-refractivity contribution in [1.29, 1.82) is 0 Å². The van der Waals surface area contributed by atoms with Crippen LogP contribution in [0.5, 0.6) is 5.75 Å². The van der Waals surface area contributed by atoms with Gasteiger partial charge in [0.25, 0.3) is 0 Å². The third-order valence-electron chi connectivity index (χ3n) is 5.24. The zero-order chi connectivity index (χ0) is 17.9. The lowest BCUT2D eigenvalue weighted by Gasteiger charge is -2.39. The average Bonchev–Trinajstić information content (AvgIpc) is 2.67. The Bertz CT molecular complexity index is 792. The molecule has 2 aromatic rings. The third kappa shape index (κ3) is 3.62. The quantitative estimate of drug-likeness (QED) is 0.827. The minimum Gasteiger partial charge on any atom is -0.508 e. The zero-order valence-electron chi connectivity index (χ0n) is 15.1. The maximum absolute atomic E-state index is 10.3. The number of nitrogens with zero attached hydrogens (tertiary/aromatic N) is 1. The van der Waals surface area contributed by atoms with Gasteiger partial charge in [0.05, 0.1) is 19.3 Å². The number of likely N-dealkylation sites (N-methyl/N-ethyl adjacent to an activating group) is 1. The number of fused-ring (bicyclic) bond motifs is 1. The summed E-state index contributed by atoms with van der Waals surface area (Å²) in [7, 11) is 2.11. The molecule has 2 heterocycles. The molecule has 1 fully saturated rings. The number of morpholine rings is 1. The van der Waals surface area contributed by atoms with Gasteiger partial charge in [0, 0.05) is 13.1 Å². The first-order valence-electron chi connectivity index (χ1n) is 9.27. The minimum atomic E-state index is -0.211. The van der Waals surface area contributed by atoms with Crippen LogP contribution in [0.1, 0.15) is 18.1 Å². The second-order valence-electron chi connectivity index (χ2n) is 7.03. The average molecular weight is 354 g/mol. The van der Waals surface area contributed by atoms with Gasteiger partial charge in [-0.2, -0.15) is 0 Å². The molecule has 0 aromatic heterocycles. The molecule has 5 nitrogen and oxygen atoms in total. The summed E-state index contributed by atoms with van der Waals surface area (Å²) in [5.74, 6) is 0.263. The number of hydrogen-bond acceptors (Lipinski definition) is 5. The molecule has 0 spiro atoms. The summed E-state index contributed by atoms with van der Waals surface area (Å²) < 4.78 is 12.3. The lowest BCUT2D eigenvalue weighted by Crippen LogP contribution is -2.48. The van der Waals surface area contributed by atoms with Crippen molar-refractivity contribution in [1.82, 2.24) is 10.2 Å². The van der Waals surface area contributed by atoms with E-state index in [1.54, 1.807) is 6.07 Å². The predicted octanol–water partition coefficient (Wildman–Crippen LogP) is 2.81. The van der Waals surface area contributed by atoms with E-state index in [2.05, 4.69) is 35.5 Å². The van der Waals surface area contributed by atoms with Crippen molar-refractivity contribution >= 4 is 10.8 Å². The number of ether oxygens (including phenoxy) is 2. The van der Waals surface area contributed by atoms with Gasteiger partial charge in [0.2, 0.25) is 0 Å². The van der Waals surface area contributed by atoms with Gasteiger partial charge in [-0.3, -0.25) is 10.2 Å². The van der Waals surface area contributed by atoms with Crippen LogP contribution in [0, 0.1) is 0 Å². The second-order valence-corrected chi connectivity index (χ2v) is 7.03. The highest BCUT2D eigenvalue weighted by molar-refractivity contribution is 5.87. The molecule has 2 aliphatic heterocycles. The van der Waals surface area contributed by atoms with Crippen molar-refractivity contribution in [2.24, 2.45) is 0 Å². The Hall–Kier alpha value is -1.92. The lowest BCUT2D eigenvalue weighted by molar-refractivity contribution is -0.0972. The van der Waals surface area contributed by atoms with Gasteiger partial charge in [-0.05, 0) is 48.0 Å². The van der Waals surface area contributed by atoms with Crippen molar-refractivity contribution in [2.75, 3.05) is 33.4 Å². The topological polar surface area (TPSA) is 54.0 Å². The van der Waals surface area contributed by atoms with Crippen LogP contribution in [-0.4, -0.2) is 55.6 Å². The number of rotatable bonds is 4. The van der Waals surface area contributed by atoms with Crippen LogP contribution < -0.4 is 5.32 Å². The number of nitrogens with one attached hydrogen (secondary N) is 1. The third-order valence-corrected chi connectivity index (χ3v) is 5.24. The molecule has 0 radical (unpaired) electrons. The Morgan fingerprint density at radius 1 is 1.31 bits per heavy atom. The fourth-order valence-electron chi connectivity index (χ4n) is 3.80. The fourth-order valence-corrected chi connectivity index (χ4v) is 3.80. The van der Waals surface area contributed by atoms with Crippen LogP contribution in [-0.2, 0) is 9.47 Å². The van der Waals surface area contributed by atoms with E-state index < -0.39 is 0 Å². The summed E-state index contributed by atoms with van der Waals surface area (Å²) in [6.45, 7) is 3.13. The summed E-state index contributed by atoms with van der Waals surface area (Å²) in [4.78, 5) is 2.29. The van der Waals surface area contributed by atoms with Gasteiger partial charge < -0.3 is 14.6 Å². The van der Waals surface area contributed by atoms with Crippen LogP contribution in [0.4, 0.5) is 0 Å². The van der Waals surface area contributed by atoms with E-state index >= 15 is 0 Å². The van der Waals surface area contributed by atoms with Crippen molar-refractivity contribution in [3.05, 3.63) is 54.1 Å². The van der Waals surface area contributed by atoms with Gasteiger partial charge in [0.1, 0.15) is 18.1 Å². The maximum Gasteiger partial charge on any atom is 0.128 e. The SMILES string of the molecule is CN1CCOCC1C(OC1C=CCCN1)c1cc(O)cc2ccccc12. The van der Waals surface area contributed by atoms with Crippen LogP contribution in [0.25, 0.3) is 10.8 Å². The summed E-state index contributed by atoms with van der Waals surface area (Å²) in [5.41, 5.74) is 1.00. The molecule has 0 saturated carbocycles. The van der Waals surface area contributed by atoms with E-state index in [9.17, 15) is 5.11 Å². The van der Waals surface area contributed by atoms with Gasteiger partial charge in [0.15, 0.2) is 0 Å². The lowest BCUT2D eigenvalue weighted by atomic mass is 9.94. The van der Waals surface area contributed by atoms with Crippen LogP contribution in [0.3, 0.4) is 0 Å². The van der Waals surface area contributed by atoms with E-state index in [0.717, 1.165) is 42.5 Å². The number of phenolic OH excluding ortho intramolecular Hbond substituents is 1. The van der Waals surface area contributed by atoms with E-state index in [4.69, 9.17) is 9.47 Å². The summed E-state index contributed by atoms with van der Waals surface area (Å²) in [5, 5.41) is 15.8. The summed E-state index contributed by atoms with van der Waals surface area (Å²) in [6.07, 6.45) is 4.90. The van der Waals surface area contributed by atoms with Gasteiger partial charge in [-0.25, -0.2) is 0 Å². The highest BCUT2D eigenvalue weighted by Crippen LogP contribution is 2.35. The predicted molar refractivity (Wildman–Crippen MR) is 102 cm³/mol. The Morgan fingerprint density at radius 3 is 3.00 bits per heavy atom. The van der Waals surface area contributed by atoms with Crippen LogP contribution in [0.2, 0.25) is 0 Å². The first-order valence-corrected chi connectivity index (χ1v) is 9.27. The van der Waals surface area contributed by atoms with E-state index in [1.165, 1.54) is 0 Å². The molecule has 1 saturated heterocycles. The monoisotopic (exact) mass is 354 g/mol. The van der Waals surface area contributed by atoms with Crippen LogP contribution >= 0.6 is 0 Å². The standard InChI is InChI=1S/C21H26N2O3/c1-23-10-11-25-14-19(23)21(26-20-8-4-5-9-22-20)18-13-16(24)12-15-6-2-3-7-17(15)18/h2-4,6-8,12-13,19-22,24H,5,9-11,14H2,1H3. The molecule has 3 unspecified atom stereocenters. The first kappa shape index (κ1) is 17.5. The van der Waals surface area contributed by atoms with Gasteiger partial charge in [-0.1, -0.05) is 30.3 Å². The molecule has 2 N–H and O–H groups in total. The summed E-state index contributed by atoms with van der Waals surface area (Å²) in [6, 6.07) is 11.9. The molecule has 0 bridgehead atoms. The maximum atomic E-state index is 10.3. The van der Waals surface area contributed by atoms with Crippen LogP contribution in [0.15, 0.2) is 48.6 Å². The first-order chi connectivity index (χ1) is 12.7. The van der Waals surface area contributed by atoms with Crippen molar-refractivity contribution in [3.63, 3.8) is 0 Å². The molecule has 0 amide bonds. The molecule has 26 heavy (non-hydrogen) atoms. The Morgan fingerprint density at radius 2 is 2.19 bits per heavy atom. The minimum absolute atomic E-state index is 0.0890. The molecule has 2 aromatic carbocycles. The van der Waals surface area contributed by atoms with E-state index in [-0.39, 0.29) is 24.1 Å². The number of hydrogen-bond donors (Lipinski definition) is 2. The summed E-state index contributed by atoms with van der Waals surface area (Å²) >= 11 is 0. The normalized spacial score (nSPS) is 25.4. The van der Waals surface area contributed by atoms with E-state index in [1.807, 2.05) is 24.3 Å². The highest BCUT2D eigenvalue weighted by Gasteiger charge is 2.33. The molecule has 2 aliphatic rings. The Balaban J connectivity index is 1.76. The van der Waals surface area contributed by atoms with Gasteiger partial charge >= 0.3 is 0 Å². The van der Waals surface area contributed by atoms with Gasteiger partial charge in [-0.15, -0.1) is 0 Å². The Labute approximate surface area is 154 Å². The number of phenols is 1. The largest absolute Gasteiger partial charge is 0.508 e. The number of benzene rings is 2. The second kappa shape index (κ2) is 7.76. The van der Waals surface area contributed by atoms with Crippen molar-refractivity contribution < 1.29 is 14.6 Å². The molecule has 3 atom stereocenters. The fraction of sp³-hybridized carbons (Fsp3) is 0.429.